The molecule has 10 heteroatoms. The van der Waals surface area contributed by atoms with E-state index in [1.165, 1.54) is 34.6 Å². The van der Waals surface area contributed by atoms with Crippen LogP contribution < -0.4 is 9.62 Å². The Morgan fingerprint density at radius 3 is 2.57 bits per heavy atom. The normalized spacial score (nSPS) is 14.5. The van der Waals surface area contributed by atoms with Crippen LogP contribution in [-0.4, -0.2) is 32.6 Å². The maximum absolute atomic E-state index is 12.7. The lowest BCUT2D eigenvalue weighted by Gasteiger charge is -2.29. The summed E-state index contributed by atoms with van der Waals surface area (Å²) in [7, 11) is -3.42. The number of aryl methyl sites for hydroxylation is 1. The maximum Gasteiger partial charge on any atom is 0.446 e. The minimum atomic E-state index is -4.47. The van der Waals surface area contributed by atoms with Gasteiger partial charge in [0.1, 0.15) is 0 Å². The van der Waals surface area contributed by atoms with E-state index in [-0.39, 0.29) is 27.9 Å². The molecule has 1 N–H and O–H groups in total. The number of para-hydroxylation sites is 1. The molecule has 1 amide bonds. The average molecular weight is 430 g/mol. The molecule has 1 heterocycles. The highest BCUT2D eigenvalue weighted by Gasteiger charge is 2.30. The molecule has 0 fully saturated rings. The summed E-state index contributed by atoms with van der Waals surface area (Å²) in [6, 6.07) is 10.3. The summed E-state index contributed by atoms with van der Waals surface area (Å²) >= 11 is -0.298. The SMILES string of the molecule is CS(=O)(=O)N1CCCc2cc(C(=O)Nc3ccccc3SC(F)(F)F)ccc21. The van der Waals surface area contributed by atoms with E-state index in [1.54, 1.807) is 12.1 Å². The molecule has 28 heavy (non-hydrogen) atoms. The third-order valence-corrected chi connectivity index (χ3v) is 6.17. The molecule has 3 rings (SSSR count). The molecule has 0 spiro atoms. The van der Waals surface area contributed by atoms with Gasteiger partial charge in [0.2, 0.25) is 10.0 Å². The lowest BCUT2D eigenvalue weighted by Crippen LogP contribution is -2.34. The van der Waals surface area contributed by atoms with E-state index in [4.69, 9.17) is 0 Å². The van der Waals surface area contributed by atoms with E-state index in [1.807, 2.05) is 0 Å². The van der Waals surface area contributed by atoms with E-state index in [0.717, 1.165) is 6.26 Å². The summed E-state index contributed by atoms with van der Waals surface area (Å²) < 4.78 is 63.2. The van der Waals surface area contributed by atoms with Crippen molar-refractivity contribution in [2.75, 3.05) is 22.4 Å². The highest BCUT2D eigenvalue weighted by atomic mass is 32.2. The molecule has 0 aliphatic carbocycles. The number of hydrogen-bond acceptors (Lipinski definition) is 4. The van der Waals surface area contributed by atoms with Crippen molar-refractivity contribution in [1.82, 2.24) is 0 Å². The van der Waals surface area contributed by atoms with Gasteiger partial charge in [-0.1, -0.05) is 12.1 Å². The van der Waals surface area contributed by atoms with Gasteiger partial charge in [0.25, 0.3) is 5.91 Å². The average Bonchev–Trinajstić information content (AvgIpc) is 2.60. The zero-order valence-electron chi connectivity index (χ0n) is 14.8. The summed E-state index contributed by atoms with van der Waals surface area (Å²) in [6.45, 7) is 0.374. The molecule has 0 radical (unpaired) electrons. The molecular formula is C18H17F3N2O3S2. The number of rotatable bonds is 4. The number of thioether (sulfide) groups is 1. The van der Waals surface area contributed by atoms with Crippen LogP contribution in [0.1, 0.15) is 22.3 Å². The standard InChI is InChI=1S/C18H17F3N2O3S2/c1-28(25,26)23-10-4-5-12-11-13(8-9-15(12)23)17(24)22-14-6-2-3-7-16(14)27-18(19,20)21/h2-3,6-9,11H,4-5,10H2,1H3,(H,22,24). The van der Waals surface area contributed by atoms with Crippen LogP contribution in [0.5, 0.6) is 0 Å². The molecule has 0 saturated carbocycles. The number of sulfonamides is 1. The van der Waals surface area contributed by atoms with Gasteiger partial charge in [-0.25, -0.2) is 8.42 Å². The number of benzene rings is 2. The van der Waals surface area contributed by atoms with E-state index in [9.17, 15) is 26.4 Å². The number of nitrogens with zero attached hydrogens (tertiary/aromatic N) is 1. The van der Waals surface area contributed by atoms with E-state index < -0.39 is 21.4 Å². The fourth-order valence-electron chi connectivity index (χ4n) is 3.03. The van der Waals surface area contributed by atoms with Crippen LogP contribution in [0.25, 0.3) is 0 Å². The summed E-state index contributed by atoms with van der Waals surface area (Å²) in [5.41, 5.74) is -2.92. The zero-order chi connectivity index (χ0) is 20.5. The Morgan fingerprint density at radius 1 is 1.18 bits per heavy atom. The summed E-state index contributed by atoms with van der Waals surface area (Å²) in [5, 5.41) is 2.51. The van der Waals surface area contributed by atoms with Gasteiger partial charge in [-0.3, -0.25) is 9.10 Å². The number of halogens is 3. The summed E-state index contributed by atoms with van der Waals surface area (Å²) in [5.74, 6) is -0.561. The zero-order valence-corrected chi connectivity index (χ0v) is 16.4. The first-order valence-electron chi connectivity index (χ1n) is 8.31. The van der Waals surface area contributed by atoms with Crippen molar-refractivity contribution in [3.8, 4) is 0 Å². The lowest BCUT2D eigenvalue weighted by molar-refractivity contribution is -0.0328. The molecule has 0 aromatic heterocycles. The van der Waals surface area contributed by atoms with Crippen LogP contribution in [0.3, 0.4) is 0 Å². The second-order valence-electron chi connectivity index (χ2n) is 6.28. The molecule has 0 unspecified atom stereocenters. The minimum absolute atomic E-state index is 0.0605. The van der Waals surface area contributed by atoms with Gasteiger partial charge in [0, 0.05) is 17.0 Å². The summed E-state index contributed by atoms with van der Waals surface area (Å²) in [6.07, 6.45) is 2.36. The first-order valence-corrected chi connectivity index (χ1v) is 11.0. The Morgan fingerprint density at radius 2 is 1.89 bits per heavy atom. The Hall–Kier alpha value is -2.20. The highest BCUT2D eigenvalue weighted by molar-refractivity contribution is 8.00. The van der Waals surface area contributed by atoms with Crippen LogP contribution in [0.2, 0.25) is 0 Å². The third-order valence-electron chi connectivity index (χ3n) is 4.18. The molecule has 0 saturated heterocycles. The smallest absolute Gasteiger partial charge is 0.321 e. The van der Waals surface area contributed by atoms with Crippen molar-refractivity contribution in [3.05, 3.63) is 53.6 Å². The quantitative estimate of drug-likeness (QED) is 0.736. The van der Waals surface area contributed by atoms with Gasteiger partial charge >= 0.3 is 5.51 Å². The van der Waals surface area contributed by atoms with Gasteiger partial charge in [-0.15, -0.1) is 0 Å². The fraction of sp³-hybridized carbons (Fsp3) is 0.278. The Kier molecular flexibility index (Phi) is 5.62. The molecular weight excluding hydrogens is 413 g/mol. The minimum Gasteiger partial charge on any atom is -0.321 e. The largest absolute Gasteiger partial charge is 0.446 e. The Balaban J connectivity index is 1.85. The van der Waals surface area contributed by atoms with E-state index >= 15 is 0 Å². The monoisotopic (exact) mass is 430 g/mol. The third kappa shape index (κ3) is 4.79. The van der Waals surface area contributed by atoms with Gasteiger partial charge in [0.05, 0.1) is 17.6 Å². The molecule has 1 aliphatic rings. The second kappa shape index (κ2) is 7.67. The summed E-state index contributed by atoms with van der Waals surface area (Å²) in [4.78, 5) is 12.5. The van der Waals surface area contributed by atoms with E-state index in [2.05, 4.69) is 5.32 Å². The molecule has 0 atom stereocenters. The fourth-order valence-corrected chi connectivity index (χ4v) is 4.65. The number of nitrogens with one attached hydrogen (secondary N) is 1. The molecule has 5 nitrogen and oxygen atoms in total. The number of anilines is 2. The number of carbonyl (C=O) groups excluding carboxylic acids is 1. The van der Waals surface area contributed by atoms with Crippen molar-refractivity contribution >= 4 is 39.1 Å². The Bertz CT molecular complexity index is 1010. The van der Waals surface area contributed by atoms with Crippen molar-refractivity contribution in [3.63, 3.8) is 0 Å². The number of alkyl halides is 3. The number of fused-ring (bicyclic) bond motifs is 1. The van der Waals surface area contributed by atoms with Crippen LogP contribution in [0.4, 0.5) is 24.5 Å². The maximum atomic E-state index is 12.7. The number of hydrogen-bond donors (Lipinski definition) is 1. The van der Waals surface area contributed by atoms with Gasteiger partial charge < -0.3 is 5.32 Å². The van der Waals surface area contributed by atoms with Crippen molar-refractivity contribution in [1.29, 1.82) is 0 Å². The first-order chi connectivity index (χ1) is 13.0. The number of amides is 1. The van der Waals surface area contributed by atoms with Crippen molar-refractivity contribution in [2.24, 2.45) is 0 Å². The Labute approximate surface area is 165 Å². The van der Waals surface area contributed by atoms with Crippen LogP contribution in [-0.2, 0) is 16.4 Å². The predicted molar refractivity (Wildman–Crippen MR) is 103 cm³/mol. The predicted octanol–water partition coefficient (Wildman–Crippen LogP) is 4.26. The van der Waals surface area contributed by atoms with Crippen LogP contribution >= 0.6 is 11.8 Å². The first kappa shape index (κ1) is 20.5. The molecule has 2 aromatic carbocycles. The molecule has 1 aliphatic heterocycles. The van der Waals surface area contributed by atoms with Crippen molar-refractivity contribution in [2.45, 2.75) is 23.2 Å². The molecule has 150 valence electrons. The molecule has 2 aromatic rings. The van der Waals surface area contributed by atoms with Gasteiger partial charge in [0.15, 0.2) is 0 Å². The van der Waals surface area contributed by atoms with Gasteiger partial charge in [-0.05, 0) is 60.5 Å². The van der Waals surface area contributed by atoms with Crippen LogP contribution in [0, 0.1) is 0 Å². The van der Waals surface area contributed by atoms with Crippen molar-refractivity contribution < 1.29 is 26.4 Å². The van der Waals surface area contributed by atoms with Gasteiger partial charge in [-0.2, -0.15) is 13.2 Å². The second-order valence-corrected chi connectivity index (χ2v) is 9.29. The molecule has 0 bridgehead atoms. The van der Waals surface area contributed by atoms with E-state index in [0.29, 0.717) is 30.6 Å². The topological polar surface area (TPSA) is 66.5 Å². The lowest BCUT2D eigenvalue weighted by atomic mass is 10.0. The van der Waals surface area contributed by atoms with Crippen LogP contribution in [0.15, 0.2) is 47.4 Å². The highest BCUT2D eigenvalue weighted by Crippen LogP contribution is 2.40. The number of carbonyl (C=O) groups is 1.